The first-order chi connectivity index (χ1) is 8.54. The van der Waals surface area contributed by atoms with Crippen LogP contribution in [0.1, 0.15) is 24.5 Å². The molecule has 1 rings (SSSR count). The maximum Gasteiger partial charge on any atom is 0.226 e. The number of amides is 1. The molecule has 0 saturated carbocycles. The van der Waals surface area contributed by atoms with Gasteiger partial charge in [-0.2, -0.15) is 0 Å². The lowest BCUT2D eigenvalue weighted by Crippen LogP contribution is -2.16. The van der Waals surface area contributed by atoms with E-state index >= 15 is 0 Å². The van der Waals surface area contributed by atoms with Crippen LogP contribution in [-0.4, -0.2) is 24.1 Å². The largest absolute Gasteiger partial charge is 0.389 e. The molecule has 0 aliphatic carbocycles. The number of carbonyl (C=O) groups excluding carboxylic acids is 1. The Hall–Kier alpha value is -1.46. The number of thiocarbonyl (C=S) groups is 1. The summed E-state index contributed by atoms with van der Waals surface area (Å²) in [6, 6.07) is 5.51. The molecule has 0 bridgehead atoms. The monoisotopic (exact) mass is 266 g/mol. The van der Waals surface area contributed by atoms with E-state index in [9.17, 15) is 4.79 Å². The van der Waals surface area contributed by atoms with Crippen LogP contribution < -0.4 is 11.1 Å². The minimum absolute atomic E-state index is 0.0772. The number of ether oxygens (including phenoxy) is 1. The fourth-order valence-electron chi connectivity index (χ4n) is 1.43. The molecule has 0 aliphatic rings. The van der Waals surface area contributed by atoms with Crippen LogP contribution >= 0.6 is 12.2 Å². The third-order valence-electron chi connectivity index (χ3n) is 2.47. The number of nitrogens with one attached hydrogen (secondary N) is 1. The lowest BCUT2D eigenvalue weighted by molar-refractivity contribution is -0.117. The predicted octanol–water partition coefficient (Wildman–Crippen LogP) is 1.99. The first-order valence-corrected chi connectivity index (χ1v) is 6.23. The second-order valence-electron chi connectivity index (χ2n) is 3.89. The summed E-state index contributed by atoms with van der Waals surface area (Å²) < 4.78 is 5.13. The van der Waals surface area contributed by atoms with Crippen molar-refractivity contribution in [3.8, 4) is 0 Å². The van der Waals surface area contributed by atoms with Gasteiger partial charge < -0.3 is 15.8 Å². The Labute approximate surface area is 113 Å². The zero-order valence-corrected chi connectivity index (χ0v) is 11.5. The van der Waals surface area contributed by atoms with E-state index in [0.717, 1.165) is 16.8 Å². The van der Waals surface area contributed by atoms with Crippen molar-refractivity contribution in [2.24, 2.45) is 5.73 Å². The van der Waals surface area contributed by atoms with Gasteiger partial charge in [-0.15, -0.1) is 0 Å². The second-order valence-corrected chi connectivity index (χ2v) is 4.33. The average Bonchev–Trinajstić information content (AvgIpc) is 2.32. The van der Waals surface area contributed by atoms with Gasteiger partial charge in [-0.05, 0) is 25.5 Å². The molecule has 0 aliphatic heterocycles. The number of hydrogen-bond acceptors (Lipinski definition) is 3. The summed E-state index contributed by atoms with van der Waals surface area (Å²) in [6.07, 6.45) is 0.338. The van der Waals surface area contributed by atoms with Crippen molar-refractivity contribution in [1.82, 2.24) is 0 Å². The van der Waals surface area contributed by atoms with Crippen molar-refractivity contribution >= 4 is 28.8 Å². The molecule has 0 atom stereocenters. The highest BCUT2D eigenvalue weighted by Gasteiger charge is 2.06. The summed E-state index contributed by atoms with van der Waals surface area (Å²) >= 11 is 4.91. The third-order valence-corrected chi connectivity index (χ3v) is 2.71. The Bertz CT molecular complexity index is 447. The van der Waals surface area contributed by atoms with Gasteiger partial charge in [-0.1, -0.05) is 24.4 Å². The molecule has 18 heavy (non-hydrogen) atoms. The molecule has 1 amide bonds. The number of hydrogen-bond donors (Lipinski definition) is 2. The van der Waals surface area contributed by atoms with Crippen LogP contribution in [0.4, 0.5) is 5.69 Å². The molecular weight excluding hydrogens is 248 g/mol. The summed E-state index contributed by atoms with van der Waals surface area (Å²) in [5, 5.41) is 2.83. The van der Waals surface area contributed by atoms with Crippen molar-refractivity contribution in [3.63, 3.8) is 0 Å². The lowest BCUT2D eigenvalue weighted by Gasteiger charge is -2.10. The Kier molecular flexibility index (Phi) is 5.74. The number of nitrogens with two attached hydrogens (primary N) is 1. The molecule has 0 unspecified atom stereocenters. The first kappa shape index (κ1) is 14.6. The molecule has 3 N–H and O–H groups in total. The van der Waals surface area contributed by atoms with Crippen molar-refractivity contribution in [1.29, 1.82) is 0 Å². The van der Waals surface area contributed by atoms with Gasteiger partial charge in [-0.25, -0.2) is 0 Å². The molecular formula is C13H18N2O2S. The van der Waals surface area contributed by atoms with Crippen molar-refractivity contribution in [2.45, 2.75) is 20.3 Å². The number of anilines is 1. The van der Waals surface area contributed by atoms with Gasteiger partial charge in [-0.3, -0.25) is 4.79 Å². The van der Waals surface area contributed by atoms with Crippen molar-refractivity contribution < 1.29 is 9.53 Å². The zero-order chi connectivity index (χ0) is 13.5. The Morgan fingerprint density at radius 1 is 1.50 bits per heavy atom. The Morgan fingerprint density at radius 3 is 2.83 bits per heavy atom. The van der Waals surface area contributed by atoms with Gasteiger partial charge in [0.2, 0.25) is 5.91 Å². The zero-order valence-electron chi connectivity index (χ0n) is 10.7. The van der Waals surface area contributed by atoms with E-state index in [1.54, 1.807) is 6.07 Å². The number of aryl methyl sites for hydroxylation is 1. The molecule has 4 nitrogen and oxygen atoms in total. The molecule has 1 aromatic rings. The molecule has 0 aromatic heterocycles. The molecule has 0 saturated heterocycles. The predicted molar refractivity (Wildman–Crippen MR) is 76.8 cm³/mol. The third kappa shape index (κ3) is 4.43. The number of rotatable bonds is 6. The normalized spacial score (nSPS) is 10.1. The molecule has 5 heteroatoms. The Balaban J connectivity index is 2.68. The van der Waals surface area contributed by atoms with Crippen molar-refractivity contribution in [2.75, 3.05) is 18.5 Å². The van der Waals surface area contributed by atoms with E-state index in [1.165, 1.54) is 0 Å². The fraction of sp³-hybridized carbons (Fsp3) is 0.385. The lowest BCUT2D eigenvalue weighted by atomic mass is 10.1. The van der Waals surface area contributed by atoms with Crippen molar-refractivity contribution in [3.05, 3.63) is 29.3 Å². The summed E-state index contributed by atoms with van der Waals surface area (Å²) in [4.78, 5) is 12.0. The quantitative estimate of drug-likeness (QED) is 0.610. The highest BCUT2D eigenvalue weighted by Crippen LogP contribution is 2.17. The number of carbonyl (C=O) groups is 1. The molecule has 0 spiro atoms. The summed E-state index contributed by atoms with van der Waals surface area (Å²) in [6.45, 7) is 4.86. The van der Waals surface area contributed by atoms with Gasteiger partial charge >= 0.3 is 0 Å². The van der Waals surface area contributed by atoms with Crippen LogP contribution in [0.3, 0.4) is 0 Å². The van der Waals surface area contributed by atoms with Gasteiger partial charge in [0.1, 0.15) is 4.99 Å². The van der Waals surface area contributed by atoms with E-state index < -0.39 is 0 Å². The van der Waals surface area contributed by atoms with Gasteiger partial charge in [0.15, 0.2) is 0 Å². The van der Waals surface area contributed by atoms with Gasteiger partial charge in [0.25, 0.3) is 0 Å². The van der Waals surface area contributed by atoms with Gasteiger partial charge in [0, 0.05) is 17.9 Å². The highest BCUT2D eigenvalue weighted by atomic mass is 32.1. The summed E-state index contributed by atoms with van der Waals surface area (Å²) in [5.74, 6) is -0.0772. The molecule has 98 valence electrons. The van der Waals surface area contributed by atoms with E-state index in [2.05, 4.69) is 5.32 Å². The fourth-order valence-corrected chi connectivity index (χ4v) is 1.56. The standard InChI is InChI=1S/C13H18N2O2S/c1-3-17-7-6-12(16)15-11-8-10(13(14)18)5-4-9(11)2/h4-5,8H,3,6-7H2,1-2H3,(H2,14,18)(H,15,16). The molecule has 0 radical (unpaired) electrons. The van der Waals surface area contributed by atoms with Crippen LogP contribution in [-0.2, 0) is 9.53 Å². The minimum Gasteiger partial charge on any atom is -0.389 e. The Morgan fingerprint density at radius 2 is 2.22 bits per heavy atom. The van der Waals surface area contributed by atoms with Crippen LogP contribution in [0.5, 0.6) is 0 Å². The highest BCUT2D eigenvalue weighted by molar-refractivity contribution is 7.80. The minimum atomic E-state index is -0.0772. The summed E-state index contributed by atoms with van der Waals surface area (Å²) in [5.41, 5.74) is 8.02. The van der Waals surface area contributed by atoms with Crippen LogP contribution in [0.2, 0.25) is 0 Å². The molecule has 0 fully saturated rings. The van der Waals surface area contributed by atoms with Gasteiger partial charge in [0.05, 0.1) is 13.0 Å². The smallest absolute Gasteiger partial charge is 0.226 e. The van der Waals surface area contributed by atoms with E-state index in [0.29, 0.717) is 24.6 Å². The van der Waals surface area contributed by atoms with E-state index in [1.807, 2.05) is 26.0 Å². The first-order valence-electron chi connectivity index (χ1n) is 5.82. The number of benzene rings is 1. The molecule has 0 heterocycles. The maximum atomic E-state index is 11.7. The van der Waals surface area contributed by atoms with E-state index in [4.69, 9.17) is 22.7 Å². The van der Waals surface area contributed by atoms with Crippen LogP contribution in [0.15, 0.2) is 18.2 Å². The molecule has 1 aromatic carbocycles. The SMILES string of the molecule is CCOCCC(=O)Nc1cc(C(N)=S)ccc1C. The van der Waals surface area contributed by atoms with Crippen LogP contribution in [0.25, 0.3) is 0 Å². The summed E-state index contributed by atoms with van der Waals surface area (Å²) in [7, 11) is 0. The maximum absolute atomic E-state index is 11.7. The topological polar surface area (TPSA) is 64.3 Å². The van der Waals surface area contributed by atoms with Crippen LogP contribution in [0, 0.1) is 6.92 Å². The second kappa shape index (κ2) is 7.08. The average molecular weight is 266 g/mol. The van der Waals surface area contributed by atoms with E-state index in [-0.39, 0.29) is 5.91 Å².